The molecule has 25 heavy (non-hydrogen) atoms. The molecule has 0 aliphatic heterocycles. The zero-order valence-electron chi connectivity index (χ0n) is 14.5. The molecule has 0 radical (unpaired) electrons. The van der Waals surface area contributed by atoms with E-state index in [1.54, 1.807) is 14.0 Å². The Labute approximate surface area is 151 Å². The molecule has 1 aliphatic carbocycles. The summed E-state index contributed by atoms with van der Waals surface area (Å²) in [6.45, 7) is 1.60. The number of hydrogen-bond acceptors (Lipinski definition) is 6. The largest absolute Gasteiger partial charge is 0.549 e. The maximum Gasteiger partial charge on any atom is 0.196 e. The Kier molecular flexibility index (Phi) is 5.63. The lowest BCUT2D eigenvalue weighted by atomic mass is 9.88. The molecule has 2 aromatic rings. The van der Waals surface area contributed by atoms with Crippen molar-refractivity contribution in [2.24, 2.45) is 0 Å². The van der Waals surface area contributed by atoms with Crippen LogP contribution in [0.25, 0.3) is 5.69 Å². The van der Waals surface area contributed by atoms with E-state index in [4.69, 9.17) is 4.74 Å². The zero-order chi connectivity index (χ0) is 17.8. The maximum atomic E-state index is 11.1. The maximum absolute atomic E-state index is 11.1. The molecule has 0 spiro atoms. The van der Waals surface area contributed by atoms with Crippen LogP contribution in [0.1, 0.15) is 50.8 Å². The van der Waals surface area contributed by atoms with Crippen molar-refractivity contribution in [2.75, 3.05) is 7.11 Å². The van der Waals surface area contributed by atoms with Crippen LogP contribution in [0.2, 0.25) is 0 Å². The van der Waals surface area contributed by atoms with E-state index in [9.17, 15) is 9.90 Å². The summed E-state index contributed by atoms with van der Waals surface area (Å²) in [6.07, 6.45) is 5.83. The first-order chi connectivity index (χ1) is 12.1. The highest BCUT2D eigenvalue weighted by Crippen LogP contribution is 2.35. The van der Waals surface area contributed by atoms with Gasteiger partial charge in [-0.3, -0.25) is 4.57 Å². The monoisotopic (exact) mass is 360 g/mol. The Bertz CT molecular complexity index is 724. The van der Waals surface area contributed by atoms with Gasteiger partial charge in [-0.05, 0) is 44.0 Å². The van der Waals surface area contributed by atoms with Gasteiger partial charge in [0.1, 0.15) is 11.6 Å². The molecular formula is C18H22N3O3S-. The Morgan fingerprint density at radius 2 is 1.92 bits per heavy atom. The lowest BCUT2D eigenvalue weighted by Crippen LogP contribution is -2.31. The number of carbonyl (C=O) groups is 1. The molecule has 3 rings (SSSR count). The van der Waals surface area contributed by atoms with Gasteiger partial charge < -0.3 is 14.6 Å². The molecule has 1 saturated carbocycles. The fourth-order valence-electron chi connectivity index (χ4n) is 3.16. The molecule has 1 aromatic heterocycles. The fraction of sp³-hybridized carbons (Fsp3) is 0.500. The Hall–Kier alpha value is -2.02. The molecule has 0 unspecified atom stereocenters. The standard InChI is InChI=1S/C18H23N3O3S/c1-12(17(22)23)25-18-20-19-16(13-6-4-3-5-7-13)21(18)14-8-10-15(24-2)11-9-14/h8-13H,3-7H2,1-2H3,(H,22,23)/p-1/t12-/m0/s1. The van der Waals surface area contributed by atoms with Crippen molar-refractivity contribution in [3.8, 4) is 11.4 Å². The van der Waals surface area contributed by atoms with E-state index >= 15 is 0 Å². The molecule has 1 fully saturated rings. The van der Waals surface area contributed by atoms with Crippen molar-refractivity contribution in [3.63, 3.8) is 0 Å². The van der Waals surface area contributed by atoms with Crippen LogP contribution < -0.4 is 9.84 Å². The van der Waals surface area contributed by atoms with Gasteiger partial charge in [-0.1, -0.05) is 31.0 Å². The minimum atomic E-state index is -1.10. The second kappa shape index (κ2) is 7.91. The van der Waals surface area contributed by atoms with Gasteiger partial charge in [0.05, 0.1) is 13.1 Å². The van der Waals surface area contributed by atoms with Crippen LogP contribution in [0, 0.1) is 0 Å². The van der Waals surface area contributed by atoms with Crippen LogP contribution in [0.3, 0.4) is 0 Å². The molecule has 6 nitrogen and oxygen atoms in total. The van der Waals surface area contributed by atoms with Crippen LogP contribution in [-0.4, -0.2) is 33.1 Å². The third kappa shape index (κ3) is 3.98. The number of carboxylic acid groups (broad SMARTS) is 1. The first-order valence-corrected chi connectivity index (χ1v) is 9.45. The van der Waals surface area contributed by atoms with E-state index in [1.807, 2.05) is 28.8 Å². The average Bonchev–Trinajstić information content (AvgIpc) is 3.06. The number of aromatic nitrogens is 3. The Morgan fingerprint density at radius 1 is 1.24 bits per heavy atom. The molecule has 1 aliphatic rings. The number of benzene rings is 1. The van der Waals surface area contributed by atoms with E-state index < -0.39 is 11.2 Å². The minimum absolute atomic E-state index is 0.357. The molecule has 0 amide bonds. The first-order valence-electron chi connectivity index (χ1n) is 8.57. The molecule has 1 atom stereocenters. The number of carboxylic acids is 1. The van der Waals surface area contributed by atoms with E-state index in [0.29, 0.717) is 11.1 Å². The number of ether oxygens (including phenoxy) is 1. The molecule has 0 bridgehead atoms. The van der Waals surface area contributed by atoms with Gasteiger partial charge in [0, 0.05) is 16.9 Å². The summed E-state index contributed by atoms with van der Waals surface area (Å²) >= 11 is 1.16. The van der Waals surface area contributed by atoms with Crippen molar-refractivity contribution in [2.45, 2.75) is 55.4 Å². The van der Waals surface area contributed by atoms with E-state index in [2.05, 4.69) is 10.2 Å². The fourth-order valence-corrected chi connectivity index (χ4v) is 3.97. The van der Waals surface area contributed by atoms with Crippen molar-refractivity contribution >= 4 is 17.7 Å². The number of carbonyl (C=O) groups excluding carboxylic acids is 1. The van der Waals surface area contributed by atoms with Gasteiger partial charge in [0.15, 0.2) is 5.16 Å². The quantitative estimate of drug-likeness (QED) is 0.737. The molecule has 0 saturated heterocycles. The number of methoxy groups -OCH3 is 1. The predicted octanol–water partition coefficient (Wildman–Crippen LogP) is 2.55. The lowest BCUT2D eigenvalue weighted by molar-refractivity contribution is -0.304. The number of nitrogens with zero attached hydrogens (tertiary/aromatic N) is 3. The van der Waals surface area contributed by atoms with Crippen LogP contribution >= 0.6 is 11.8 Å². The SMILES string of the molecule is COc1ccc(-n2c(S[C@@H](C)C(=O)[O-])nnc2C2CCCCC2)cc1. The predicted molar refractivity (Wildman–Crippen MR) is 94.1 cm³/mol. The second-order valence-corrected chi connectivity index (χ2v) is 7.60. The van der Waals surface area contributed by atoms with Crippen molar-refractivity contribution in [1.82, 2.24) is 14.8 Å². The molecule has 1 heterocycles. The van der Waals surface area contributed by atoms with Crippen LogP contribution in [-0.2, 0) is 4.79 Å². The number of thioether (sulfide) groups is 1. The van der Waals surface area contributed by atoms with E-state index in [-0.39, 0.29) is 0 Å². The van der Waals surface area contributed by atoms with Gasteiger partial charge in [-0.25, -0.2) is 0 Å². The number of aliphatic carboxylic acids is 1. The van der Waals surface area contributed by atoms with E-state index in [0.717, 1.165) is 41.9 Å². The highest BCUT2D eigenvalue weighted by molar-refractivity contribution is 8.00. The topological polar surface area (TPSA) is 80.1 Å². The van der Waals surface area contributed by atoms with Crippen LogP contribution in [0.5, 0.6) is 5.75 Å². The Balaban J connectivity index is 2.00. The van der Waals surface area contributed by atoms with Gasteiger partial charge in [-0.2, -0.15) is 0 Å². The lowest BCUT2D eigenvalue weighted by Gasteiger charge is -2.22. The summed E-state index contributed by atoms with van der Waals surface area (Å²) in [5.74, 6) is 0.940. The molecule has 7 heteroatoms. The summed E-state index contributed by atoms with van der Waals surface area (Å²) in [5.41, 5.74) is 0.916. The molecule has 0 N–H and O–H groups in total. The highest BCUT2D eigenvalue weighted by atomic mass is 32.2. The third-order valence-electron chi connectivity index (χ3n) is 4.57. The third-order valence-corrected chi connectivity index (χ3v) is 5.59. The summed E-state index contributed by atoms with van der Waals surface area (Å²) < 4.78 is 7.21. The smallest absolute Gasteiger partial charge is 0.196 e. The summed E-state index contributed by atoms with van der Waals surface area (Å²) in [6, 6.07) is 7.66. The van der Waals surface area contributed by atoms with E-state index in [1.165, 1.54) is 19.3 Å². The highest BCUT2D eigenvalue weighted by Gasteiger charge is 2.25. The molecule has 134 valence electrons. The van der Waals surface area contributed by atoms with Gasteiger partial charge in [-0.15, -0.1) is 10.2 Å². The molecule has 1 aromatic carbocycles. The normalized spacial score (nSPS) is 16.6. The summed E-state index contributed by atoms with van der Waals surface area (Å²) in [7, 11) is 1.63. The first kappa shape index (κ1) is 17.8. The number of hydrogen-bond donors (Lipinski definition) is 0. The second-order valence-electron chi connectivity index (χ2n) is 6.29. The van der Waals surface area contributed by atoms with Gasteiger partial charge in [0.2, 0.25) is 0 Å². The van der Waals surface area contributed by atoms with Crippen molar-refractivity contribution in [1.29, 1.82) is 0 Å². The van der Waals surface area contributed by atoms with Crippen molar-refractivity contribution in [3.05, 3.63) is 30.1 Å². The van der Waals surface area contributed by atoms with Gasteiger partial charge >= 0.3 is 0 Å². The number of rotatable bonds is 6. The van der Waals surface area contributed by atoms with Gasteiger partial charge in [0.25, 0.3) is 0 Å². The summed E-state index contributed by atoms with van der Waals surface area (Å²) in [5, 5.41) is 19.7. The average molecular weight is 360 g/mol. The summed E-state index contributed by atoms with van der Waals surface area (Å²) in [4.78, 5) is 11.1. The van der Waals surface area contributed by atoms with Crippen LogP contribution in [0.4, 0.5) is 0 Å². The zero-order valence-corrected chi connectivity index (χ0v) is 15.3. The molecular weight excluding hydrogens is 338 g/mol. The Morgan fingerprint density at radius 3 is 2.52 bits per heavy atom. The van der Waals surface area contributed by atoms with Crippen molar-refractivity contribution < 1.29 is 14.6 Å². The van der Waals surface area contributed by atoms with Crippen LogP contribution in [0.15, 0.2) is 29.4 Å². The minimum Gasteiger partial charge on any atom is -0.549 e.